The molecule has 0 fully saturated rings. The van der Waals surface area contributed by atoms with Gasteiger partial charge in [-0.1, -0.05) is 24.3 Å². The molecule has 0 aliphatic heterocycles. The maximum atomic E-state index is 12.3. The molecule has 1 aromatic heterocycles. The maximum absolute atomic E-state index is 12.3. The molecule has 7 nitrogen and oxygen atoms in total. The Balaban J connectivity index is 1.87. The number of aromatic nitrogens is 3. The van der Waals surface area contributed by atoms with Crippen LogP contribution >= 0.6 is 0 Å². The summed E-state index contributed by atoms with van der Waals surface area (Å²) < 4.78 is 28.4. The maximum Gasteiger partial charge on any atom is 0.264 e. The van der Waals surface area contributed by atoms with Gasteiger partial charge in [-0.2, -0.15) is 10.2 Å². The van der Waals surface area contributed by atoms with Crippen LogP contribution in [0.2, 0.25) is 0 Å². The van der Waals surface area contributed by atoms with Crippen molar-refractivity contribution >= 4 is 16.0 Å². The van der Waals surface area contributed by atoms with Crippen molar-refractivity contribution in [2.75, 3.05) is 4.72 Å². The summed E-state index contributed by atoms with van der Waals surface area (Å²) >= 11 is 0. The van der Waals surface area contributed by atoms with Crippen LogP contribution in [0.15, 0.2) is 65.8 Å². The Morgan fingerprint density at radius 2 is 1.87 bits per heavy atom. The average Bonchev–Trinajstić information content (AvgIpc) is 3.03. The second-order valence-corrected chi connectivity index (χ2v) is 6.28. The number of sulfonamides is 1. The summed E-state index contributed by atoms with van der Waals surface area (Å²) in [4.78, 5) is 3.92. The first kappa shape index (κ1) is 14.7. The first-order valence-corrected chi connectivity index (χ1v) is 8.07. The number of benzene rings is 2. The second-order valence-electron chi connectivity index (χ2n) is 4.59. The van der Waals surface area contributed by atoms with E-state index in [4.69, 9.17) is 5.26 Å². The van der Waals surface area contributed by atoms with E-state index in [1.165, 1.54) is 35.3 Å². The zero-order chi connectivity index (χ0) is 16.3. The van der Waals surface area contributed by atoms with Gasteiger partial charge in [0.05, 0.1) is 22.2 Å². The zero-order valence-corrected chi connectivity index (χ0v) is 12.6. The highest BCUT2D eigenvalue weighted by Crippen LogP contribution is 2.15. The van der Waals surface area contributed by atoms with E-state index >= 15 is 0 Å². The van der Waals surface area contributed by atoms with E-state index < -0.39 is 10.0 Å². The third-order valence-electron chi connectivity index (χ3n) is 3.01. The topological polar surface area (TPSA) is 101 Å². The van der Waals surface area contributed by atoms with Gasteiger partial charge in [0.2, 0.25) is 0 Å². The van der Waals surface area contributed by atoms with Gasteiger partial charge in [0.1, 0.15) is 6.33 Å². The van der Waals surface area contributed by atoms with Gasteiger partial charge in [0, 0.05) is 0 Å². The van der Waals surface area contributed by atoms with Gasteiger partial charge >= 0.3 is 0 Å². The van der Waals surface area contributed by atoms with Crippen molar-refractivity contribution in [2.24, 2.45) is 0 Å². The summed E-state index contributed by atoms with van der Waals surface area (Å²) in [5, 5.41) is 12.9. The molecule has 2 aromatic carbocycles. The van der Waals surface area contributed by atoms with Crippen molar-refractivity contribution < 1.29 is 8.42 Å². The summed E-state index contributed by atoms with van der Waals surface area (Å²) in [6, 6.07) is 16.8. The molecule has 0 atom stereocenters. The van der Waals surface area contributed by atoms with Crippen LogP contribution in [0.4, 0.5) is 5.95 Å². The quantitative estimate of drug-likeness (QED) is 0.790. The lowest BCUT2D eigenvalue weighted by Gasteiger charge is -2.04. The monoisotopic (exact) mass is 325 g/mol. The largest absolute Gasteiger partial charge is 0.264 e. The fourth-order valence-electron chi connectivity index (χ4n) is 1.93. The van der Waals surface area contributed by atoms with E-state index in [9.17, 15) is 8.42 Å². The third-order valence-corrected chi connectivity index (χ3v) is 4.34. The predicted molar refractivity (Wildman–Crippen MR) is 83.3 cm³/mol. The Labute approximate surface area is 132 Å². The number of nitrogens with zero attached hydrogens (tertiary/aromatic N) is 4. The van der Waals surface area contributed by atoms with Gasteiger partial charge in [-0.25, -0.2) is 17.8 Å². The van der Waals surface area contributed by atoms with Crippen LogP contribution in [0.3, 0.4) is 0 Å². The Kier molecular flexibility index (Phi) is 3.78. The second kappa shape index (κ2) is 5.90. The fourth-order valence-corrected chi connectivity index (χ4v) is 2.92. The van der Waals surface area contributed by atoms with Gasteiger partial charge in [0.25, 0.3) is 16.0 Å². The first-order chi connectivity index (χ1) is 11.1. The normalized spacial score (nSPS) is 10.9. The highest BCUT2D eigenvalue weighted by molar-refractivity contribution is 7.92. The van der Waals surface area contributed by atoms with E-state index in [1.54, 1.807) is 0 Å². The molecule has 0 aliphatic carbocycles. The summed E-state index contributed by atoms with van der Waals surface area (Å²) in [5.74, 6) is -0.0452. The number of hydrogen-bond acceptors (Lipinski definition) is 5. The summed E-state index contributed by atoms with van der Waals surface area (Å²) in [5.41, 5.74) is 1.02. The van der Waals surface area contributed by atoms with Crippen LogP contribution in [0, 0.1) is 11.3 Å². The number of anilines is 1. The van der Waals surface area contributed by atoms with Crippen molar-refractivity contribution in [1.82, 2.24) is 14.8 Å². The standard InChI is InChI=1S/C15H11N5O2S/c16-10-12-5-4-8-14(9-12)23(21,22)19-15-17-11-20(18-15)13-6-2-1-3-7-13/h1-9,11H,(H,18,19). The predicted octanol–water partition coefficient (Wildman–Crippen LogP) is 1.94. The van der Waals surface area contributed by atoms with Gasteiger partial charge in [0.15, 0.2) is 0 Å². The molecule has 0 radical (unpaired) electrons. The van der Waals surface area contributed by atoms with Crippen LogP contribution in [-0.4, -0.2) is 23.2 Å². The Bertz CT molecular complexity index is 974. The van der Waals surface area contributed by atoms with Gasteiger partial charge in [-0.3, -0.25) is 0 Å². The lowest BCUT2D eigenvalue weighted by Crippen LogP contribution is -2.14. The van der Waals surface area contributed by atoms with Gasteiger partial charge in [-0.15, -0.1) is 5.10 Å². The first-order valence-electron chi connectivity index (χ1n) is 6.58. The molecular weight excluding hydrogens is 314 g/mol. The molecule has 1 N–H and O–H groups in total. The minimum atomic E-state index is -3.85. The summed E-state index contributed by atoms with van der Waals surface area (Å²) in [7, 11) is -3.85. The Morgan fingerprint density at radius 3 is 2.61 bits per heavy atom. The lowest BCUT2D eigenvalue weighted by atomic mass is 10.2. The van der Waals surface area contributed by atoms with E-state index in [-0.39, 0.29) is 16.4 Å². The minimum Gasteiger partial charge on any atom is -0.246 e. The molecule has 0 saturated carbocycles. The van der Waals surface area contributed by atoms with E-state index in [1.807, 2.05) is 36.4 Å². The van der Waals surface area contributed by atoms with Crippen LogP contribution in [-0.2, 0) is 10.0 Å². The molecule has 0 unspecified atom stereocenters. The highest BCUT2D eigenvalue weighted by atomic mass is 32.2. The van der Waals surface area contributed by atoms with Crippen molar-refractivity contribution in [1.29, 1.82) is 5.26 Å². The number of nitriles is 1. The van der Waals surface area contributed by atoms with Crippen molar-refractivity contribution in [3.8, 4) is 11.8 Å². The number of para-hydroxylation sites is 1. The molecule has 0 amide bonds. The van der Waals surface area contributed by atoms with Crippen LogP contribution in [0.5, 0.6) is 0 Å². The lowest BCUT2D eigenvalue weighted by molar-refractivity contribution is 0.600. The summed E-state index contributed by atoms with van der Waals surface area (Å²) in [6.07, 6.45) is 1.42. The zero-order valence-electron chi connectivity index (χ0n) is 11.8. The molecule has 3 rings (SSSR count). The van der Waals surface area contributed by atoms with E-state index in [0.717, 1.165) is 5.69 Å². The SMILES string of the molecule is N#Cc1cccc(S(=O)(=O)Nc2ncn(-c3ccccc3)n2)c1. The van der Waals surface area contributed by atoms with Gasteiger partial charge in [-0.05, 0) is 30.3 Å². The molecule has 0 spiro atoms. The number of rotatable bonds is 4. The van der Waals surface area contributed by atoms with Crippen LogP contribution < -0.4 is 4.72 Å². The molecule has 0 saturated heterocycles. The molecule has 23 heavy (non-hydrogen) atoms. The van der Waals surface area contributed by atoms with Crippen molar-refractivity contribution in [2.45, 2.75) is 4.90 Å². The Morgan fingerprint density at radius 1 is 1.09 bits per heavy atom. The van der Waals surface area contributed by atoms with Crippen LogP contribution in [0.25, 0.3) is 5.69 Å². The van der Waals surface area contributed by atoms with E-state index in [0.29, 0.717) is 0 Å². The molecule has 3 aromatic rings. The van der Waals surface area contributed by atoms with Crippen LogP contribution in [0.1, 0.15) is 5.56 Å². The molecule has 0 aliphatic rings. The molecule has 114 valence electrons. The minimum absolute atomic E-state index is 0.0207. The number of nitrogens with one attached hydrogen (secondary N) is 1. The molecule has 8 heteroatoms. The van der Waals surface area contributed by atoms with E-state index in [2.05, 4.69) is 14.8 Å². The Hall–Kier alpha value is -3.18. The fraction of sp³-hybridized carbons (Fsp3) is 0. The van der Waals surface area contributed by atoms with Crippen molar-refractivity contribution in [3.63, 3.8) is 0 Å². The summed E-state index contributed by atoms with van der Waals surface area (Å²) in [6.45, 7) is 0. The number of hydrogen-bond donors (Lipinski definition) is 1. The molecule has 1 heterocycles. The van der Waals surface area contributed by atoms with Gasteiger partial charge < -0.3 is 0 Å². The molecular formula is C15H11N5O2S. The third kappa shape index (κ3) is 3.20. The average molecular weight is 325 g/mol. The smallest absolute Gasteiger partial charge is 0.246 e. The van der Waals surface area contributed by atoms with Crippen molar-refractivity contribution in [3.05, 3.63) is 66.5 Å². The molecule has 0 bridgehead atoms. The highest BCUT2D eigenvalue weighted by Gasteiger charge is 2.17.